The summed E-state index contributed by atoms with van der Waals surface area (Å²) in [5.74, 6) is 0.577. The molecule has 158 valence electrons. The average Bonchev–Trinajstić information content (AvgIpc) is 3.44. The zero-order valence-corrected chi connectivity index (χ0v) is 17.6. The summed E-state index contributed by atoms with van der Waals surface area (Å²) in [6.07, 6.45) is 4.84. The first-order chi connectivity index (χ1) is 13.9. The zero-order valence-electron chi connectivity index (χ0n) is 16.8. The van der Waals surface area contributed by atoms with Crippen molar-refractivity contribution >= 4 is 21.8 Å². The molecule has 0 bridgehead atoms. The standard InChI is InChI=1S/C21H29N3O4S/c25-20(22-13-15-23(16-14-22)21(26)18-6-7-18)10-5-17-3-8-19(9-4-17)29(27,28)24-11-1-2-12-24/h3-4,8-9,18H,1-2,5-7,10-16H2. The second-order valence-electron chi connectivity index (χ2n) is 8.24. The van der Waals surface area contributed by atoms with Gasteiger partial charge in [0.05, 0.1) is 4.90 Å². The van der Waals surface area contributed by atoms with Gasteiger partial charge < -0.3 is 9.80 Å². The molecule has 1 aromatic carbocycles. The molecule has 2 amide bonds. The lowest BCUT2D eigenvalue weighted by molar-refractivity contribution is -0.140. The molecular formula is C21H29N3O4S. The molecule has 0 spiro atoms. The van der Waals surface area contributed by atoms with Gasteiger partial charge in [0.2, 0.25) is 21.8 Å². The van der Waals surface area contributed by atoms with Crippen molar-refractivity contribution in [3.63, 3.8) is 0 Å². The number of hydrogen-bond acceptors (Lipinski definition) is 4. The van der Waals surface area contributed by atoms with Crippen LogP contribution in [0.3, 0.4) is 0 Å². The minimum absolute atomic E-state index is 0.0947. The molecule has 1 aliphatic carbocycles. The fourth-order valence-electron chi connectivity index (χ4n) is 4.08. The maximum atomic E-state index is 12.6. The Morgan fingerprint density at radius 3 is 2.03 bits per heavy atom. The second kappa shape index (κ2) is 8.44. The Kier molecular flexibility index (Phi) is 5.92. The lowest BCUT2D eigenvalue weighted by atomic mass is 10.1. The van der Waals surface area contributed by atoms with Crippen molar-refractivity contribution in [1.29, 1.82) is 0 Å². The summed E-state index contributed by atoms with van der Waals surface area (Å²) in [5.41, 5.74) is 0.960. The molecule has 29 heavy (non-hydrogen) atoms. The van der Waals surface area contributed by atoms with Gasteiger partial charge in [-0.15, -0.1) is 0 Å². The Morgan fingerprint density at radius 1 is 0.862 bits per heavy atom. The van der Waals surface area contributed by atoms with Crippen LogP contribution in [0.1, 0.15) is 37.7 Å². The predicted octanol–water partition coefficient (Wildman–Crippen LogP) is 1.48. The van der Waals surface area contributed by atoms with E-state index in [1.54, 1.807) is 16.4 Å². The number of carbonyl (C=O) groups is 2. The molecular weight excluding hydrogens is 390 g/mol. The Morgan fingerprint density at radius 2 is 1.45 bits per heavy atom. The smallest absolute Gasteiger partial charge is 0.243 e. The van der Waals surface area contributed by atoms with E-state index in [0.29, 0.717) is 57.0 Å². The van der Waals surface area contributed by atoms with Gasteiger partial charge in [-0.2, -0.15) is 4.31 Å². The van der Waals surface area contributed by atoms with Gasteiger partial charge in [-0.1, -0.05) is 12.1 Å². The summed E-state index contributed by atoms with van der Waals surface area (Å²) in [5, 5.41) is 0. The molecule has 3 fully saturated rings. The third-order valence-corrected chi connectivity index (χ3v) is 8.04. The van der Waals surface area contributed by atoms with Gasteiger partial charge in [-0.05, 0) is 49.8 Å². The summed E-state index contributed by atoms with van der Waals surface area (Å²) in [6, 6.07) is 6.91. The predicted molar refractivity (Wildman–Crippen MR) is 109 cm³/mol. The maximum Gasteiger partial charge on any atom is 0.243 e. The first-order valence-electron chi connectivity index (χ1n) is 10.6. The highest BCUT2D eigenvalue weighted by Gasteiger charge is 2.35. The number of nitrogens with zero attached hydrogens (tertiary/aromatic N) is 3. The van der Waals surface area contributed by atoms with Gasteiger partial charge in [-0.3, -0.25) is 9.59 Å². The molecule has 1 saturated carbocycles. The minimum Gasteiger partial charge on any atom is -0.339 e. The topological polar surface area (TPSA) is 78.0 Å². The van der Waals surface area contributed by atoms with E-state index in [9.17, 15) is 18.0 Å². The number of sulfonamides is 1. The zero-order chi connectivity index (χ0) is 20.4. The highest BCUT2D eigenvalue weighted by molar-refractivity contribution is 7.89. The molecule has 1 aromatic rings. The van der Waals surface area contributed by atoms with E-state index in [4.69, 9.17) is 0 Å². The highest BCUT2D eigenvalue weighted by Crippen LogP contribution is 2.31. The molecule has 8 heteroatoms. The number of aryl methyl sites for hydroxylation is 1. The average molecular weight is 420 g/mol. The Bertz CT molecular complexity index is 850. The number of amides is 2. The van der Waals surface area contributed by atoms with Crippen LogP contribution in [-0.4, -0.2) is 73.6 Å². The van der Waals surface area contributed by atoms with Crippen molar-refractivity contribution < 1.29 is 18.0 Å². The van der Waals surface area contributed by atoms with Crippen LogP contribution < -0.4 is 0 Å². The molecule has 2 saturated heterocycles. The molecule has 0 N–H and O–H groups in total. The molecule has 7 nitrogen and oxygen atoms in total. The van der Waals surface area contributed by atoms with Crippen molar-refractivity contribution in [2.75, 3.05) is 39.3 Å². The normalized spacial score (nSPS) is 20.8. The highest BCUT2D eigenvalue weighted by atomic mass is 32.2. The fourth-order valence-corrected chi connectivity index (χ4v) is 5.60. The van der Waals surface area contributed by atoms with Gasteiger partial charge in [0, 0.05) is 51.6 Å². The fraction of sp³-hybridized carbons (Fsp3) is 0.619. The number of carbonyl (C=O) groups excluding carboxylic acids is 2. The van der Waals surface area contributed by atoms with Crippen molar-refractivity contribution in [2.45, 2.75) is 43.4 Å². The third-order valence-electron chi connectivity index (χ3n) is 6.12. The number of rotatable bonds is 6. The Labute approximate surface area is 172 Å². The van der Waals surface area contributed by atoms with Gasteiger partial charge in [0.15, 0.2) is 0 Å². The molecule has 2 heterocycles. The summed E-state index contributed by atoms with van der Waals surface area (Å²) < 4.78 is 26.7. The van der Waals surface area contributed by atoms with Crippen LogP contribution >= 0.6 is 0 Å². The summed E-state index contributed by atoms with van der Waals surface area (Å²) >= 11 is 0. The van der Waals surface area contributed by atoms with Gasteiger partial charge in [-0.25, -0.2) is 8.42 Å². The van der Waals surface area contributed by atoms with Gasteiger partial charge in [0.25, 0.3) is 0 Å². The van der Waals surface area contributed by atoms with E-state index >= 15 is 0 Å². The van der Waals surface area contributed by atoms with Crippen LogP contribution in [0, 0.1) is 5.92 Å². The molecule has 0 aromatic heterocycles. The Balaban J connectivity index is 1.26. The number of piperazine rings is 1. The van der Waals surface area contributed by atoms with E-state index < -0.39 is 10.0 Å². The molecule has 0 atom stereocenters. The first-order valence-corrected chi connectivity index (χ1v) is 12.0. The molecule has 0 radical (unpaired) electrons. The van der Waals surface area contributed by atoms with Crippen LogP contribution in [0.15, 0.2) is 29.2 Å². The van der Waals surface area contributed by atoms with E-state index in [1.165, 1.54) is 0 Å². The van der Waals surface area contributed by atoms with E-state index in [2.05, 4.69) is 0 Å². The quantitative estimate of drug-likeness (QED) is 0.700. The van der Waals surface area contributed by atoms with Crippen LogP contribution in [0.4, 0.5) is 0 Å². The van der Waals surface area contributed by atoms with E-state index in [0.717, 1.165) is 31.2 Å². The van der Waals surface area contributed by atoms with Crippen LogP contribution in [0.25, 0.3) is 0 Å². The SMILES string of the molecule is O=C(CCc1ccc(S(=O)(=O)N2CCCC2)cc1)N1CCN(C(=O)C2CC2)CC1. The van der Waals surface area contributed by atoms with Crippen molar-refractivity contribution in [2.24, 2.45) is 5.92 Å². The Hall–Kier alpha value is -1.93. The van der Waals surface area contributed by atoms with Crippen LogP contribution in [-0.2, 0) is 26.0 Å². The van der Waals surface area contributed by atoms with Crippen molar-refractivity contribution in [3.8, 4) is 0 Å². The second-order valence-corrected chi connectivity index (χ2v) is 10.2. The van der Waals surface area contributed by atoms with Gasteiger partial charge in [0.1, 0.15) is 0 Å². The first kappa shape index (κ1) is 20.3. The monoisotopic (exact) mass is 419 g/mol. The summed E-state index contributed by atoms with van der Waals surface area (Å²) in [4.78, 5) is 28.7. The molecule has 2 aliphatic heterocycles. The largest absolute Gasteiger partial charge is 0.339 e. The number of benzene rings is 1. The van der Waals surface area contributed by atoms with Crippen LogP contribution in [0.2, 0.25) is 0 Å². The summed E-state index contributed by atoms with van der Waals surface area (Å²) in [6.45, 7) is 3.65. The van der Waals surface area contributed by atoms with Crippen molar-refractivity contribution in [3.05, 3.63) is 29.8 Å². The molecule has 4 rings (SSSR count). The van der Waals surface area contributed by atoms with E-state index in [1.807, 2.05) is 21.9 Å². The third kappa shape index (κ3) is 4.64. The summed E-state index contributed by atoms with van der Waals surface area (Å²) in [7, 11) is -3.39. The van der Waals surface area contributed by atoms with Crippen molar-refractivity contribution in [1.82, 2.24) is 14.1 Å². The molecule has 0 unspecified atom stereocenters. The van der Waals surface area contributed by atoms with E-state index in [-0.39, 0.29) is 17.7 Å². The minimum atomic E-state index is -3.39. The number of hydrogen-bond donors (Lipinski definition) is 0. The molecule has 3 aliphatic rings. The lowest BCUT2D eigenvalue weighted by Gasteiger charge is -2.35. The maximum absolute atomic E-state index is 12.6. The lowest BCUT2D eigenvalue weighted by Crippen LogP contribution is -2.51. The van der Waals surface area contributed by atoms with Gasteiger partial charge >= 0.3 is 0 Å². The van der Waals surface area contributed by atoms with Crippen LogP contribution in [0.5, 0.6) is 0 Å².